The van der Waals surface area contributed by atoms with E-state index >= 15 is 0 Å². The zero-order valence-corrected chi connectivity index (χ0v) is 10.8. The molecular formula is C13H18FNO3. The molecule has 1 aromatic rings. The lowest BCUT2D eigenvalue weighted by molar-refractivity contribution is -0.148. The molecule has 4 nitrogen and oxygen atoms in total. The molecule has 1 rings (SSSR count). The van der Waals surface area contributed by atoms with Crippen LogP contribution in [0.4, 0.5) is 4.39 Å². The van der Waals surface area contributed by atoms with Crippen molar-refractivity contribution < 1.29 is 18.7 Å². The zero-order chi connectivity index (χ0) is 13.6. The average molecular weight is 255 g/mol. The number of rotatable bonds is 6. The van der Waals surface area contributed by atoms with Crippen molar-refractivity contribution in [1.29, 1.82) is 0 Å². The molecule has 100 valence electrons. The molecule has 0 spiro atoms. The molecule has 1 unspecified atom stereocenters. The fraction of sp³-hybridized carbons (Fsp3) is 0.462. The Kier molecular flexibility index (Phi) is 5.25. The van der Waals surface area contributed by atoms with Crippen LogP contribution in [0.3, 0.4) is 0 Å². The van der Waals surface area contributed by atoms with E-state index in [4.69, 9.17) is 9.47 Å². The number of esters is 1. The largest absolute Gasteiger partial charge is 0.467 e. The number of halogens is 1. The number of nitrogens with one attached hydrogen (secondary N) is 1. The average Bonchev–Trinajstić information content (AvgIpc) is 2.37. The van der Waals surface area contributed by atoms with Gasteiger partial charge in [-0.15, -0.1) is 0 Å². The van der Waals surface area contributed by atoms with E-state index in [0.717, 1.165) is 0 Å². The summed E-state index contributed by atoms with van der Waals surface area (Å²) in [5, 5.41) is 3.03. The van der Waals surface area contributed by atoms with Crippen LogP contribution in [0.2, 0.25) is 0 Å². The van der Waals surface area contributed by atoms with Gasteiger partial charge in [-0.1, -0.05) is 12.1 Å². The van der Waals surface area contributed by atoms with Crippen molar-refractivity contribution in [2.24, 2.45) is 0 Å². The standard InChI is InChI=1S/C13H18FNO3/c1-13(12(16)18-3,15-7-8-17-2)10-5-4-6-11(14)9-10/h4-6,9,15H,7-8H2,1-3H3. The van der Waals surface area contributed by atoms with Gasteiger partial charge in [-0.3, -0.25) is 5.32 Å². The highest BCUT2D eigenvalue weighted by molar-refractivity contribution is 5.82. The maximum absolute atomic E-state index is 13.2. The van der Waals surface area contributed by atoms with Gasteiger partial charge in [-0.05, 0) is 24.6 Å². The fourth-order valence-electron chi connectivity index (χ4n) is 1.70. The van der Waals surface area contributed by atoms with Crippen LogP contribution in [-0.2, 0) is 19.8 Å². The molecule has 0 saturated heterocycles. The van der Waals surface area contributed by atoms with E-state index in [2.05, 4.69) is 5.32 Å². The maximum Gasteiger partial charge on any atom is 0.330 e. The Bertz CT molecular complexity index is 411. The van der Waals surface area contributed by atoms with E-state index < -0.39 is 17.3 Å². The van der Waals surface area contributed by atoms with Crippen LogP contribution in [0.15, 0.2) is 24.3 Å². The first-order chi connectivity index (χ1) is 8.54. The van der Waals surface area contributed by atoms with Gasteiger partial charge in [0.05, 0.1) is 13.7 Å². The quantitative estimate of drug-likeness (QED) is 0.617. The summed E-state index contributed by atoms with van der Waals surface area (Å²) in [4.78, 5) is 11.9. The minimum Gasteiger partial charge on any atom is -0.467 e. The predicted octanol–water partition coefficient (Wildman–Crippen LogP) is 1.45. The third kappa shape index (κ3) is 3.27. The van der Waals surface area contributed by atoms with Crippen molar-refractivity contribution in [2.75, 3.05) is 27.4 Å². The molecule has 0 bridgehead atoms. The Morgan fingerprint density at radius 1 is 1.44 bits per heavy atom. The zero-order valence-electron chi connectivity index (χ0n) is 10.8. The Hall–Kier alpha value is -1.46. The first-order valence-corrected chi connectivity index (χ1v) is 5.63. The van der Waals surface area contributed by atoms with Gasteiger partial charge >= 0.3 is 5.97 Å². The second kappa shape index (κ2) is 6.47. The van der Waals surface area contributed by atoms with Crippen LogP contribution in [0.1, 0.15) is 12.5 Å². The van der Waals surface area contributed by atoms with E-state index in [1.807, 2.05) is 0 Å². The summed E-state index contributed by atoms with van der Waals surface area (Å²) >= 11 is 0. The van der Waals surface area contributed by atoms with Gasteiger partial charge in [0.15, 0.2) is 0 Å². The summed E-state index contributed by atoms with van der Waals surface area (Å²) in [5.74, 6) is -0.861. The molecule has 0 aromatic heterocycles. The molecule has 1 N–H and O–H groups in total. The Morgan fingerprint density at radius 3 is 2.72 bits per heavy atom. The molecular weight excluding hydrogens is 237 g/mol. The van der Waals surface area contributed by atoms with Crippen LogP contribution in [0, 0.1) is 5.82 Å². The molecule has 0 heterocycles. The van der Waals surface area contributed by atoms with Crippen LogP contribution in [-0.4, -0.2) is 33.3 Å². The summed E-state index contributed by atoms with van der Waals surface area (Å²) in [5.41, 5.74) is -0.569. The SMILES string of the molecule is COCCNC(C)(C(=O)OC)c1cccc(F)c1. The smallest absolute Gasteiger partial charge is 0.330 e. The number of carbonyl (C=O) groups is 1. The highest BCUT2D eigenvalue weighted by Crippen LogP contribution is 2.22. The van der Waals surface area contributed by atoms with Crippen molar-refractivity contribution in [3.8, 4) is 0 Å². The number of ether oxygens (including phenoxy) is 2. The second-order valence-corrected chi connectivity index (χ2v) is 4.05. The van der Waals surface area contributed by atoms with E-state index in [9.17, 15) is 9.18 Å². The topological polar surface area (TPSA) is 47.6 Å². The Balaban J connectivity index is 3.00. The van der Waals surface area contributed by atoms with Crippen LogP contribution < -0.4 is 5.32 Å². The molecule has 0 aliphatic carbocycles. The van der Waals surface area contributed by atoms with Gasteiger partial charge in [-0.2, -0.15) is 0 Å². The van der Waals surface area contributed by atoms with E-state index in [0.29, 0.717) is 18.7 Å². The third-order valence-corrected chi connectivity index (χ3v) is 2.78. The Morgan fingerprint density at radius 2 is 2.17 bits per heavy atom. The number of hydrogen-bond acceptors (Lipinski definition) is 4. The number of carbonyl (C=O) groups excluding carboxylic acids is 1. The summed E-state index contributed by atoms with van der Waals surface area (Å²) in [6, 6.07) is 5.89. The van der Waals surface area contributed by atoms with Gasteiger partial charge in [0.1, 0.15) is 11.4 Å². The van der Waals surface area contributed by atoms with E-state index in [-0.39, 0.29) is 0 Å². The number of methoxy groups -OCH3 is 2. The molecule has 0 aliphatic rings. The van der Waals surface area contributed by atoms with Crippen LogP contribution in [0.25, 0.3) is 0 Å². The van der Waals surface area contributed by atoms with Gasteiger partial charge in [0.25, 0.3) is 0 Å². The van der Waals surface area contributed by atoms with Gasteiger partial charge in [0, 0.05) is 13.7 Å². The minimum absolute atomic E-state index is 0.392. The summed E-state index contributed by atoms with van der Waals surface area (Å²) in [7, 11) is 2.87. The third-order valence-electron chi connectivity index (χ3n) is 2.78. The first-order valence-electron chi connectivity index (χ1n) is 5.63. The first kappa shape index (κ1) is 14.6. The number of hydrogen-bond donors (Lipinski definition) is 1. The lowest BCUT2D eigenvalue weighted by Gasteiger charge is -2.28. The molecule has 0 amide bonds. The monoisotopic (exact) mass is 255 g/mol. The van der Waals surface area contributed by atoms with E-state index in [1.165, 1.54) is 19.2 Å². The predicted molar refractivity (Wildman–Crippen MR) is 65.6 cm³/mol. The van der Waals surface area contributed by atoms with Crippen molar-refractivity contribution in [1.82, 2.24) is 5.32 Å². The number of benzene rings is 1. The fourth-order valence-corrected chi connectivity index (χ4v) is 1.70. The molecule has 1 aromatic carbocycles. The Labute approximate surface area is 106 Å². The van der Waals surface area contributed by atoms with Gasteiger partial charge < -0.3 is 9.47 Å². The van der Waals surface area contributed by atoms with Crippen molar-refractivity contribution in [2.45, 2.75) is 12.5 Å². The summed E-state index contributed by atoms with van der Waals surface area (Å²) in [6.45, 7) is 2.56. The normalized spacial score (nSPS) is 14.0. The molecule has 1 atom stereocenters. The lowest BCUT2D eigenvalue weighted by atomic mass is 9.92. The maximum atomic E-state index is 13.2. The molecule has 0 fully saturated rings. The molecule has 5 heteroatoms. The van der Waals surface area contributed by atoms with E-state index in [1.54, 1.807) is 26.2 Å². The van der Waals surface area contributed by atoms with Crippen LogP contribution in [0.5, 0.6) is 0 Å². The van der Waals surface area contributed by atoms with Gasteiger partial charge in [0.2, 0.25) is 0 Å². The molecule has 0 radical (unpaired) electrons. The second-order valence-electron chi connectivity index (χ2n) is 4.05. The lowest BCUT2D eigenvalue weighted by Crippen LogP contribution is -2.48. The van der Waals surface area contributed by atoms with Crippen molar-refractivity contribution in [3.05, 3.63) is 35.6 Å². The molecule has 0 aliphatic heterocycles. The van der Waals surface area contributed by atoms with Crippen LogP contribution >= 0.6 is 0 Å². The highest BCUT2D eigenvalue weighted by atomic mass is 19.1. The minimum atomic E-state index is -1.09. The molecule has 0 saturated carbocycles. The highest BCUT2D eigenvalue weighted by Gasteiger charge is 2.36. The summed E-state index contributed by atoms with van der Waals surface area (Å²) in [6.07, 6.45) is 0. The summed E-state index contributed by atoms with van der Waals surface area (Å²) < 4.78 is 22.9. The van der Waals surface area contributed by atoms with Crippen molar-refractivity contribution >= 4 is 5.97 Å². The van der Waals surface area contributed by atoms with Crippen molar-refractivity contribution in [3.63, 3.8) is 0 Å². The van der Waals surface area contributed by atoms with Gasteiger partial charge in [-0.25, -0.2) is 9.18 Å². The molecule has 18 heavy (non-hydrogen) atoms.